The molecule has 4 aromatic rings. The molecule has 1 aliphatic rings. The summed E-state index contributed by atoms with van der Waals surface area (Å²) in [4.78, 5) is 23.0. The van der Waals surface area contributed by atoms with Crippen molar-refractivity contribution in [3.05, 3.63) is 74.9 Å². The normalized spacial score (nSPS) is 16.4. The van der Waals surface area contributed by atoms with Crippen LogP contribution in [-0.4, -0.2) is 16.6 Å². The molecule has 0 fully saturated rings. The van der Waals surface area contributed by atoms with Gasteiger partial charge in [0.2, 0.25) is 0 Å². The molecule has 0 spiro atoms. The fourth-order valence-electron chi connectivity index (χ4n) is 4.49. The van der Waals surface area contributed by atoms with E-state index in [0.717, 1.165) is 40.6 Å². The summed E-state index contributed by atoms with van der Waals surface area (Å²) in [6.07, 6.45) is 3.00. The second kappa shape index (κ2) is 9.02. The molecule has 0 bridgehead atoms. The van der Waals surface area contributed by atoms with Gasteiger partial charge >= 0.3 is 0 Å². The standard InChI is InChI=1S/C27H28N2O3S/c1-4-31-22-15-19(11-13-21(22)32-17(3)18-8-6-5-7-9-18)25-28-26(30)24-20-12-10-16(2)14-23(20)33-27(24)29-25/h5-9,11,13,15-17H,4,10,12,14H2,1-3H3,(H,28,29,30). The first-order valence-electron chi connectivity index (χ1n) is 11.6. The van der Waals surface area contributed by atoms with Gasteiger partial charge in [-0.15, -0.1) is 11.3 Å². The zero-order valence-electron chi connectivity index (χ0n) is 19.2. The number of thiophene rings is 1. The molecule has 2 unspecified atom stereocenters. The number of rotatable bonds is 6. The molecular weight excluding hydrogens is 432 g/mol. The SMILES string of the molecule is CCOc1cc(-c2nc3sc4c(c3c(=O)[nH]2)CCC(C)C4)ccc1OC(C)c1ccccc1. The number of hydrogen-bond acceptors (Lipinski definition) is 5. The van der Waals surface area contributed by atoms with Gasteiger partial charge in [0, 0.05) is 10.4 Å². The Morgan fingerprint density at radius 1 is 1.18 bits per heavy atom. The minimum Gasteiger partial charge on any atom is -0.490 e. The lowest BCUT2D eigenvalue weighted by Gasteiger charge is -2.18. The highest BCUT2D eigenvalue weighted by Gasteiger charge is 2.23. The highest BCUT2D eigenvalue weighted by molar-refractivity contribution is 7.18. The number of aromatic nitrogens is 2. The molecule has 33 heavy (non-hydrogen) atoms. The van der Waals surface area contributed by atoms with Crippen LogP contribution in [0.1, 0.15) is 49.3 Å². The summed E-state index contributed by atoms with van der Waals surface area (Å²) in [6, 6.07) is 15.8. The molecular formula is C27H28N2O3S. The van der Waals surface area contributed by atoms with E-state index in [0.29, 0.717) is 29.8 Å². The van der Waals surface area contributed by atoms with E-state index in [2.05, 4.69) is 11.9 Å². The molecule has 0 amide bonds. The van der Waals surface area contributed by atoms with E-state index in [-0.39, 0.29) is 11.7 Å². The van der Waals surface area contributed by atoms with E-state index in [1.807, 2.05) is 62.4 Å². The van der Waals surface area contributed by atoms with Crippen molar-refractivity contribution in [3.8, 4) is 22.9 Å². The third-order valence-corrected chi connectivity index (χ3v) is 7.40. The quantitative estimate of drug-likeness (QED) is 0.366. The molecule has 0 saturated heterocycles. The van der Waals surface area contributed by atoms with Crippen LogP contribution in [0.3, 0.4) is 0 Å². The van der Waals surface area contributed by atoms with Crippen molar-refractivity contribution in [2.24, 2.45) is 5.92 Å². The number of hydrogen-bond donors (Lipinski definition) is 1. The Balaban J connectivity index is 1.50. The number of fused-ring (bicyclic) bond motifs is 3. The number of aryl methyl sites for hydroxylation is 1. The smallest absolute Gasteiger partial charge is 0.260 e. The Labute approximate surface area is 197 Å². The van der Waals surface area contributed by atoms with E-state index in [1.165, 1.54) is 10.4 Å². The van der Waals surface area contributed by atoms with Crippen molar-refractivity contribution in [1.82, 2.24) is 9.97 Å². The molecule has 5 nitrogen and oxygen atoms in total. The Hall–Kier alpha value is -3.12. The van der Waals surface area contributed by atoms with E-state index in [1.54, 1.807) is 11.3 Å². The minimum atomic E-state index is -0.120. The molecule has 0 saturated carbocycles. The van der Waals surface area contributed by atoms with Gasteiger partial charge in [0.15, 0.2) is 11.5 Å². The van der Waals surface area contributed by atoms with Crippen LogP contribution in [0, 0.1) is 5.92 Å². The van der Waals surface area contributed by atoms with Crippen molar-refractivity contribution < 1.29 is 9.47 Å². The first-order chi connectivity index (χ1) is 16.0. The molecule has 0 aliphatic heterocycles. The zero-order valence-corrected chi connectivity index (χ0v) is 20.0. The molecule has 1 aliphatic carbocycles. The largest absolute Gasteiger partial charge is 0.490 e. The molecule has 2 heterocycles. The Morgan fingerprint density at radius 3 is 2.79 bits per heavy atom. The molecule has 2 aromatic carbocycles. The maximum absolute atomic E-state index is 13.0. The first kappa shape index (κ1) is 21.7. The van der Waals surface area contributed by atoms with Crippen LogP contribution in [0.25, 0.3) is 21.6 Å². The number of nitrogens with one attached hydrogen (secondary N) is 1. The van der Waals surface area contributed by atoms with Crippen molar-refractivity contribution in [3.63, 3.8) is 0 Å². The monoisotopic (exact) mass is 460 g/mol. The maximum Gasteiger partial charge on any atom is 0.260 e. The van der Waals surface area contributed by atoms with Gasteiger partial charge in [0.05, 0.1) is 12.0 Å². The summed E-state index contributed by atoms with van der Waals surface area (Å²) in [5, 5.41) is 0.771. The Morgan fingerprint density at radius 2 is 2.00 bits per heavy atom. The molecule has 2 atom stereocenters. The van der Waals surface area contributed by atoms with Gasteiger partial charge in [0.25, 0.3) is 5.56 Å². The van der Waals surface area contributed by atoms with Gasteiger partial charge < -0.3 is 14.5 Å². The fraction of sp³-hybridized carbons (Fsp3) is 0.333. The Kier molecular flexibility index (Phi) is 5.94. The minimum absolute atomic E-state index is 0.0574. The van der Waals surface area contributed by atoms with E-state index >= 15 is 0 Å². The summed E-state index contributed by atoms with van der Waals surface area (Å²) >= 11 is 1.66. The van der Waals surface area contributed by atoms with Crippen molar-refractivity contribution >= 4 is 21.6 Å². The number of H-pyrrole nitrogens is 1. The van der Waals surface area contributed by atoms with Crippen LogP contribution in [0.5, 0.6) is 11.5 Å². The predicted octanol–water partition coefficient (Wildman–Crippen LogP) is 6.32. The maximum atomic E-state index is 13.0. The highest BCUT2D eigenvalue weighted by atomic mass is 32.1. The first-order valence-corrected chi connectivity index (χ1v) is 12.4. The molecule has 0 radical (unpaired) electrons. The zero-order chi connectivity index (χ0) is 22.9. The van der Waals surface area contributed by atoms with Crippen molar-refractivity contribution in [1.29, 1.82) is 0 Å². The predicted molar refractivity (Wildman–Crippen MR) is 134 cm³/mol. The van der Waals surface area contributed by atoms with Gasteiger partial charge in [-0.1, -0.05) is 37.3 Å². The Bertz CT molecular complexity index is 1340. The number of benzene rings is 2. The van der Waals surface area contributed by atoms with Gasteiger partial charge in [-0.2, -0.15) is 0 Å². The molecule has 170 valence electrons. The van der Waals surface area contributed by atoms with Crippen LogP contribution in [0.2, 0.25) is 0 Å². The summed E-state index contributed by atoms with van der Waals surface area (Å²) in [5.74, 6) is 2.52. The molecule has 2 aromatic heterocycles. The van der Waals surface area contributed by atoms with Gasteiger partial charge in [-0.3, -0.25) is 4.79 Å². The van der Waals surface area contributed by atoms with Crippen LogP contribution in [-0.2, 0) is 12.8 Å². The topological polar surface area (TPSA) is 64.2 Å². The van der Waals surface area contributed by atoms with Crippen LogP contribution in [0.4, 0.5) is 0 Å². The lowest BCUT2D eigenvalue weighted by molar-refractivity contribution is 0.211. The summed E-state index contributed by atoms with van der Waals surface area (Å²) in [5.41, 5.74) is 3.04. The summed E-state index contributed by atoms with van der Waals surface area (Å²) < 4.78 is 12.1. The lowest BCUT2D eigenvalue weighted by atomic mass is 9.89. The van der Waals surface area contributed by atoms with Crippen molar-refractivity contribution in [2.75, 3.05) is 6.61 Å². The third-order valence-electron chi connectivity index (χ3n) is 6.26. The second-order valence-electron chi connectivity index (χ2n) is 8.71. The number of ether oxygens (including phenoxy) is 2. The molecule has 6 heteroatoms. The third kappa shape index (κ3) is 4.27. The average Bonchev–Trinajstić information content (AvgIpc) is 3.18. The second-order valence-corrected chi connectivity index (χ2v) is 9.80. The summed E-state index contributed by atoms with van der Waals surface area (Å²) in [6.45, 7) is 6.75. The molecule has 5 rings (SSSR count). The van der Waals surface area contributed by atoms with Gasteiger partial charge in [0.1, 0.15) is 16.8 Å². The molecule has 1 N–H and O–H groups in total. The number of nitrogens with zero attached hydrogens (tertiary/aromatic N) is 1. The van der Waals surface area contributed by atoms with Crippen LogP contribution in [0.15, 0.2) is 53.3 Å². The van der Waals surface area contributed by atoms with Crippen LogP contribution < -0.4 is 15.0 Å². The van der Waals surface area contributed by atoms with Gasteiger partial charge in [-0.25, -0.2) is 4.98 Å². The van der Waals surface area contributed by atoms with Crippen LogP contribution >= 0.6 is 11.3 Å². The summed E-state index contributed by atoms with van der Waals surface area (Å²) in [7, 11) is 0. The number of aromatic amines is 1. The average molecular weight is 461 g/mol. The van der Waals surface area contributed by atoms with Crippen molar-refractivity contribution in [2.45, 2.75) is 46.1 Å². The highest BCUT2D eigenvalue weighted by Crippen LogP contribution is 2.38. The van der Waals surface area contributed by atoms with E-state index in [9.17, 15) is 4.79 Å². The van der Waals surface area contributed by atoms with E-state index < -0.39 is 0 Å². The van der Waals surface area contributed by atoms with Gasteiger partial charge in [-0.05, 0) is 68.4 Å². The van der Waals surface area contributed by atoms with E-state index in [4.69, 9.17) is 14.5 Å². The fourth-order valence-corrected chi connectivity index (χ4v) is 5.87. The lowest BCUT2D eigenvalue weighted by Crippen LogP contribution is -2.13.